The molecule has 5 aromatic rings. The molecule has 0 radical (unpaired) electrons. The molecule has 0 bridgehead atoms. The normalized spacial score (nSPS) is 24.3. The number of alkyl carbamates (subject to hydrolysis) is 1. The highest BCUT2D eigenvalue weighted by molar-refractivity contribution is 5.91. The topological polar surface area (TPSA) is 204 Å². The second kappa shape index (κ2) is 16.0. The molecule has 5 N–H and O–H groups in total. The number of benzene rings is 3. The average molecular weight is 831 g/mol. The van der Waals surface area contributed by atoms with Gasteiger partial charge >= 0.3 is 12.2 Å². The molecule has 16 heteroatoms. The minimum atomic E-state index is -1.27. The molecule has 2 aromatic heterocycles. The molecule has 10 atom stereocenters. The van der Waals surface area contributed by atoms with Gasteiger partial charge in [0.05, 0.1) is 55.2 Å². The number of nitrogens with zero attached hydrogens (tertiary/aromatic N) is 4. The first-order chi connectivity index (χ1) is 29.5. The van der Waals surface area contributed by atoms with Crippen LogP contribution in [0.25, 0.3) is 44.4 Å². The van der Waals surface area contributed by atoms with Crippen molar-refractivity contribution in [2.45, 2.75) is 88.0 Å². The Morgan fingerprint density at radius 3 is 1.62 bits per heavy atom. The number of rotatable bonds is 13. The van der Waals surface area contributed by atoms with Crippen LogP contribution in [0.5, 0.6) is 0 Å². The quantitative estimate of drug-likeness (QED) is 0.0931. The highest BCUT2D eigenvalue weighted by Gasteiger charge is 2.57. The summed E-state index contributed by atoms with van der Waals surface area (Å²) in [4.78, 5) is 71.3. The number of H-pyrrole nitrogens is 2. The third-order valence-electron chi connectivity index (χ3n) is 13.2. The summed E-state index contributed by atoms with van der Waals surface area (Å²) in [5, 5.41) is 16.6. The number of aromatic nitrogens is 4. The van der Waals surface area contributed by atoms with E-state index in [2.05, 4.69) is 81.3 Å². The molecule has 2 aliphatic carbocycles. The highest BCUT2D eigenvalue weighted by Crippen LogP contribution is 2.54. The molecule has 1 unspecified atom stereocenters. The number of hydrogen-bond donors (Lipinski definition) is 5. The SMILES string of the molecule is COC(=O)N[C@H](C(=O)N1[C@@H]2C[C@@H]2C[C@H]1c1ncc(-c2ccc(-c3ccc4cc(-c5cnc([C@@H]6C[C@H]7C[C@H]7N6C(=O)[C@@H](NC(=O)O)[C@@H](C)OC)[nH]5)ccc4c3)cc2)[nH]1)C(C)OC. The lowest BCUT2D eigenvalue weighted by molar-refractivity contribution is -0.139. The van der Waals surface area contributed by atoms with E-state index in [4.69, 9.17) is 24.2 Å². The fourth-order valence-corrected chi connectivity index (χ4v) is 9.45. The maximum Gasteiger partial charge on any atom is 0.407 e. The lowest BCUT2D eigenvalue weighted by Gasteiger charge is -2.32. The van der Waals surface area contributed by atoms with E-state index in [0.717, 1.165) is 70.1 Å². The smallest absolute Gasteiger partial charge is 0.407 e. The Bertz CT molecular complexity index is 2480. The number of ether oxygens (including phenoxy) is 3. The summed E-state index contributed by atoms with van der Waals surface area (Å²) >= 11 is 0. The molecular weight excluding hydrogens is 781 g/mol. The van der Waals surface area contributed by atoms with Crippen molar-refractivity contribution < 1.29 is 38.5 Å². The molecule has 4 heterocycles. The minimum absolute atomic E-state index is 0.0684. The number of amides is 4. The lowest BCUT2D eigenvalue weighted by Crippen LogP contribution is -2.54. The van der Waals surface area contributed by atoms with Crippen LogP contribution in [-0.4, -0.2) is 117 Å². The van der Waals surface area contributed by atoms with Gasteiger partial charge in [0, 0.05) is 31.9 Å². The van der Waals surface area contributed by atoms with E-state index in [1.165, 1.54) is 21.3 Å². The van der Waals surface area contributed by atoms with E-state index in [1.54, 1.807) is 31.1 Å². The molecule has 318 valence electrons. The van der Waals surface area contributed by atoms with Crippen LogP contribution in [0.15, 0.2) is 73.1 Å². The van der Waals surface area contributed by atoms with Gasteiger partial charge in [-0.05, 0) is 91.0 Å². The molecule has 9 rings (SSSR count). The second-order valence-corrected chi connectivity index (χ2v) is 16.8. The number of aromatic amines is 2. The molecule has 2 saturated carbocycles. The third-order valence-corrected chi connectivity index (χ3v) is 13.2. The van der Waals surface area contributed by atoms with Crippen molar-refractivity contribution in [1.29, 1.82) is 0 Å². The first-order valence-corrected chi connectivity index (χ1v) is 20.7. The summed E-state index contributed by atoms with van der Waals surface area (Å²) in [6.45, 7) is 3.44. The molecular formula is C45H50N8O8. The van der Waals surface area contributed by atoms with Crippen LogP contribution in [0.4, 0.5) is 9.59 Å². The monoisotopic (exact) mass is 830 g/mol. The Kier molecular flexibility index (Phi) is 10.5. The van der Waals surface area contributed by atoms with Crippen molar-refractivity contribution in [2.24, 2.45) is 11.8 Å². The number of fused-ring (bicyclic) bond motifs is 3. The van der Waals surface area contributed by atoms with Crippen LogP contribution in [0, 0.1) is 11.8 Å². The van der Waals surface area contributed by atoms with Gasteiger partial charge in [-0.3, -0.25) is 9.59 Å². The number of nitrogens with one attached hydrogen (secondary N) is 4. The summed E-state index contributed by atoms with van der Waals surface area (Å²) in [5.41, 5.74) is 5.75. The van der Waals surface area contributed by atoms with E-state index in [9.17, 15) is 24.3 Å². The molecule has 16 nitrogen and oxygen atoms in total. The predicted molar refractivity (Wildman–Crippen MR) is 224 cm³/mol. The van der Waals surface area contributed by atoms with Crippen molar-refractivity contribution in [1.82, 2.24) is 40.4 Å². The largest absolute Gasteiger partial charge is 0.465 e. The molecule has 2 aliphatic heterocycles. The predicted octanol–water partition coefficient (Wildman–Crippen LogP) is 6.04. The lowest BCUT2D eigenvalue weighted by atomic mass is 9.98. The minimum Gasteiger partial charge on any atom is -0.465 e. The highest BCUT2D eigenvalue weighted by atomic mass is 16.5. The Balaban J connectivity index is 0.882. The fraction of sp³-hybridized carbons (Fsp3) is 0.422. The van der Waals surface area contributed by atoms with Gasteiger partial charge in [0.25, 0.3) is 0 Å². The Morgan fingerprint density at radius 1 is 0.656 bits per heavy atom. The molecule has 61 heavy (non-hydrogen) atoms. The Labute approximate surface area is 352 Å². The summed E-state index contributed by atoms with van der Waals surface area (Å²) in [5.74, 6) is 1.66. The van der Waals surface area contributed by atoms with Gasteiger partial charge in [-0.1, -0.05) is 48.5 Å². The van der Waals surface area contributed by atoms with E-state index in [1.807, 2.05) is 4.90 Å². The van der Waals surface area contributed by atoms with Crippen LogP contribution in [-0.2, 0) is 23.8 Å². The average Bonchev–Trinajstić information content (AvgIpc) is 3.86. The van der Waals surface area contributed by atoms with Gasteiger partial charge in [-0.25, -0.2) is 19.6 Å². The van der Waals surface area contributed by atoms with Gasteiger partial charge in [-0.2, -0.15) is 0 Å². The second-order valence-electron chi connectivity index (χ2n) is 16.8. The molecule has 2 saturated heterocycles. The maximum absolute atomic E-state index is 13.9. The number of carbonyl (C=O) groups excluding carboxylic acids is 3. The van der Waals surface area contributed by atoms with Gasteiger partial charge in [0.15, 0.2) is 0 Å². The number of methoxy groups -OCH3 is 3. The van der Waals surface area contributed by atoms with Crippen LogP contribution >= 0.6 is 0 Å². The Morgan fingerprint density at radius 2 is 1.11 bits per heavy atom. The van der Waals surface area contributed by atoms with Crippen molar-refractivity contribution in [3.8, 4) is 33.6 Å². The maximum atomic E-state index is 13.9. The zero-order chi connectivity index (χ0) is 42.7. The number of imidazole rings is 2. The van der Waals surface area contributed by atoms with Crippen LogP contribution in [0.2, 0.25) is 0 Å². The van der Waals surface area contributed by atoms with Crippen LogP contribution in [0.1, 0.15) is 63.3 Å². The zero-order valence-electron chi connectivity index (χ0n) is 34.6. The van der Waals surface area contributed by atoms with Crippen molar-refractivity contribution in [3.63, 3.8) is 0 Å². The van der Waals surface area contributed by atoms with Gasteiger partial charge < -0.3 is 49.7 Å². The molecule has 0 spiro atoms. The number of likely N-dealkylation sites (tertiary alicyclic amines) is 2. The third kappa shape index (κ3) is 7.58. The number of hydrogen-bond acceptors (Lipinski definition) is 9. The van der Waals surface area contributed by atoms with E-state index in [0.29, 0.717) is 23.5 Å². The standard InChI is InChI=1S/C45H50N8O8/c1-22(59-3)38(50-44(56)57)42(54)52-34-16-30(34)19-37(52)41-47-21-33(49-41)29-13-12-27-14-26(10-11-28(27)15-29)24-6-8-25(9-7-24)32-20-46-40(48-32)36-18-31-17-35(31)53(36)43(55)39(23(2)60-4)51-45(58)61-5/h6-15,20-23,30-31,34-39,50H,16-19H2,1-5H3,(H,46,48)(H,47,49)(H,51,58)(H,56,57)/t22-,23?,30-,31-,34-,35-,36+,37+,38+,39+/m1/s1. The van der Waals surface area contributed by atoms with Gasteiger partial charge in [-0.15, -0.1) is 0 Å². The molecule has 4 aliphatic rings. The number of piperidine rings is 2. The number of carboxylic acid groups (broad SMARTS) is 1. The number of carbonyl (C=O) groups is 4. The van der Waals surface area contributed by atoms with Gasteiger partial charge in [0.2, 0.25) is 11.8 Å². The fourth-order valence-electron chi connectivity index (χ4n) is 9.45. The van der Waals surface area contributed by atoms with Crippen LogP contribution < -0.4 is 10.6 Å². The van der Waals surface area contributed by atoms with Crippen molar-refractivity contribution in [2.75, 3.05) is 21.3 Å². The van der Waals surface area contributed by atoms with Crippen LogP contribution in [0.3, 0.4) is 0 Å². The summed E-state index contributed by atoms with van der Waals surface area (Å²) in [6, 6.07) is 18.7. The van der Waals surface area contributed by atoms with E-state index >= 15 is 0 Å². The molecule has 3 aromatic carbocycles. The van der Waals surface area contributed by atoms with Crippen molar-refractivity contribution >= 4 is 34.8 Å². The zero-order valence-corrected chi connectivity index (χ0v) is 34.6. The van der Waals surface area contributed by atoms with E-state index in [-0.39, 0.29) is 36.0 Å². The summed E-state index contributed by atoms with van der Waals surface area (Å²) < 4.78 is 15.6. The molecule has 4 amide bonds. The Hall–Kier alpha value is -6.26. The van der Waals surface area contributed by atoms with E-state index < -0.39 is 36.5 Å². The van der Waals surface area contributed by atoms with Gasteiger partial charge in [0.1, 0.15) is 23.7 Å². The van der Waals surface area contributed by atoms with Crippen molar-refractivity contribution in [3.05, 3.63) is 84.7 Å². The summed E-state index contributed by atoms with van der Waals surface area (Å²) in [6.07, 6.45) is 3.87. The summed E-state index contributed by atoms with van der Waals surface area (Å²) in [7, 11) is 4.24. The first kappa shape index (κ1) is 40.2. The first-order valence-electron chi connectivity index (χ1n) is 20.7. The molecule has 4 fully saturated rings.